The van der Waals surface area contributed by atoms with E-state index in [0.717, 1.165) is 23.5 Å². The van der Waals surface area contributed by atoms with Gasteiger partial charge < -0.3 is 4.74 Å². The summed E-state index contributed by atoms with van der Waals surface area (Å²) in [6, 6.07) is 7.49. The van der Waals surface area contributed by atoms with Gasteiger partial charge in [-0.2, -0.15) is 5.26 Å². The molecule has 0 bridgehead atoms. The van der Waals surface area contributed by atoms with Crippen molar-refractivity contribution in [3.8, 4) is 11.8 Å². The molecule has 1 heterocycles. The molecule has 0 spiro atoms. The highest BCUT2D eigenvalue weighted by Gasteiger charge is 2.15. The molecule has 0 amide bonds. The fourth-order valence-electron chi connectivity index (χ4n) is 1.29. The Morgan fingerprint density at radius 3 is 3.08 bits per heavy atom. The van der Waals surface area contributed by atoms with E-state index in [1.54, 1.807) is 6.07 Å². The first kappa shape index (κ1) is 6.93. The van der Waals surface area contributed by atoms with Crippen LogP contribution in [0.4, 0.5) is 0 Å². The summed E-state index contributed by atoms with van der Waals surface area (Å²) < 4.78 is 5.30. The molecule has 2 rings (SSSR count). The van der Waals surface area contributed by atoms with E-state index in [0.29, 0.717) is 5.56 Å². The van der Waals surface area contributed by atoms with Crippen LogP contribution in [-0.2, 0) is 6.42 Å². The Bertz CT molecular complexity index is 387. The van der Waals surface area contributed by atoms with Crippen LogP contribution >= 0.6 is 0 Å². The van der Waals surface area contributed by atoms with E-state index in [-0.39, 0.29) is 0 Å². The molecular formula is C10H7NO. The summed E-state index contributed by atoms with van der Waals surface area (Å²) in [5, 5.41) is 8.62. The summed E-state index contributed by atoms with van der Waals surface area (Å²) in [6.45, 7) is 3.72. The number of nitriles is 1. The first-order valence-electron chi connectivity index (χ1n) is 3.68. The van der Waals surface area contributed by atoms with Crippen molar-refractivity contribution in [2.45, 2.75) is 6.42 Å². The van der Waals surface area contributed by atoms with Crippen LogP contribution < -0.4 is 4.74 Å². The summed E-state index contributed by atoms with van der Waals surface area (Å²) >= 11 is 0. The van der Waals surface area contributed by atoms with Crippen LogP contribution in [0, 0.1) is 11.3 Å². The number of rotatable bonds is 0. The lowest BCUT2D eigenvalue weighted by atomic mass is 10.1. The van der Waals surface area contributed by atoms with Gasteiger partial charge in [0.25, 0.3) is 0 Å². The fraction of sp³-hybridized carbons (Fsp3) is 0.100. The van der Waals surface area contributed by atoms with Gasteiger partial charge in [-0.05, 0) is 18.2 Å². The lowest BCUT2D eigenvalue weighted by Gasteiger charge is -1.96. The smallest absolute Gasteiger partial charge is 0.130 e. The molecule has 0 fully saturated rings. The van der Waals surface area contributed by atoms with Crippen LogP contribution in [0.2, 0.25) is 0 Å². The third-order valence-corrected chi connectivity index (χ3v) is 1.83. The molecule has 1 aromatic carbocycles. The molecule has 1 aliphatic heterocycles. The van der Waals surface area contributed by atoms with Crippen molar-refractivity contribution in [1.29, 1.82) is 5.26 Å². The first-order valence-corrected chi connectivity index (χ1v) is 3.68. The molecule has 2 nitrogen and oxygen atoms in total. The van der Waals surface area contributed by atoms with Gasteiger partial charge in [0, 0.05) is 12.0 Å². The third-order valence-electron chi connectivity index (χ3n) is 1.83. The molecule has 0 aromatic heterocycles. The van der Waals surface area contributed by atoms with E-state index >= 15 is 0 Å². The monoisotopic (exact) mass is 157 g/mol. The van der Waals surface area contributed by atoms with E-state index < -0.39 is 0 Å². The van der Waals surface area contributed by atoms with Gasteiger partial charge in [-0.15, -0.1) is 0 Å². The first-order chi connectivity index (χ1) is 5.79. The quantitative estimate of drug-likeness (QED) is 0.577. The van der Waals surface area contributed by atoms with Crippen molar-refractivity contribution in [3.05, 3.63) is 41.7 Å². The van der Waals surface area contributed by atoms with Crippen molar-refractivity contribution in [3.63, 3.8) is 0 Å². The van der Waals surface area contributed by atoms with Gasteiger partial charge in [0.15, 0.2) is 0 Å². The molecular weight excluding hydrogens is 150 g/mol. The Kier molecular flexibility index (Phi) is 1.38. The third kappa shape index (κ3) is 0.960. The Balaban J connectivity index is 2.50. The highest BCUT2D eigenvalue weighted by atomic mass is 16.5. The number of fused-ring (bicyclic) bond motifs is 1. The van der Waals surface area contributed by atoms with Gasteiger partial charge in [-0.1, -0.05) is 6.58 Å². The summed E-state index contributed by atoms with van der Waals surface area (Å²) in [5.41, 5.74) is 1.73. The molecule has 0 radical (unpaired) electrons. The van der Waals surface area contributed by atoms with Gasteiger partial charge in [-0.25, -0.2) is 0 Å². The topological polar surface area (TPSA) is 33.0 Å². The van der Waals surface area contributed by atoms with Crippen LogP contribution in [0.3, 0.4) is 0 Å². The molecule has 12 heavy (non-hydrogen) atoms. The molecule has 0 aliphatic carbocycles. The van der Waals surface area contributed by atoms with Gasteiger partial charge in [0.05, 0.1) is 11.6 Å². The summed E-state index contributed by atoms with van der Waals surface area (Å²) in [6.07, 6.45) is 0.727. The Morgan fingerprint density at radius 2 is 2.33 bits per heavy atom. The predicted molar refractivity (Wildman–Crippen MR) is 44.6 cm³/mol. The van der Waals surface area contributed by atoms with Crippen LogP contribution in [0.1, 0.15) is 11.1 Å². The second-order valence-electron chi connectivity index (χ2n) is 2.75. The van der Waals surface area contributed by atoms with Crippen LogP contribution in [0.15, 0.2) is 30.5 Å². The molecule has 0 unspecified atom stereocenters. The minimum absolute atomic E-state index is 0.673. The second-order valence-corrected chi connectivity index (χ2v) is 2.75. The highest BCUT2D eigenvalue weighted by Crippen LogP contribution is 2.30. The van der Waals surface area contributed by atoms with Crippen LogP contribution in [0.5, 0.6) is 5.75 Å². The van der Waals surface area contributed by atoms with E-state index in [9.17, 15) is 0 Å². The number of nitrogens with zero attached hydrogens (tertiary/aromatic N) is 1. The van der Waals surface area contributed by atoms with Crippen LogP contribution in [-0.4, -0.2) is 0 Å². The van der Waals surface area contributed by atoms with Crippen molar-refractivity contribution in [2.24, 2.45) is 0 Å². The zero-order valence-electron chi connectivity index (χ0n) is 6.50. The van der Waals surface area contributed by atoms with Crippen LogP contribution in [0.25, 0.3) is 0 Å². The minimum atomic E-state index is 0.673. The lowest BCUT2D eigenvalue weighted by Crippen LogP contribution is -1.81. The number of allylic oxidation sites excluding steroid dienone is 1. The molecule has 0 saturated carbocycles. The zero-order valence-corrected chi connectivity index (χ0v) is 6.50. The summed E-state index contributed by atoms with van der Waals surface area (Å²) in [7, 11) is 0. The van der Waals surface area contributed by atoms with Crippen molar-refractivity contribution < 1.29 is 4.74 Å². The van der Waals surface area contributed by atoms with E-state index in [4.69, 9.17) is 10.00 Å². The van der Waals surface area contributed by atoms with Crippen molar-refractivity contribution in [1.82, 2.24) is 0 Å². The van der Waals surface area contributed by atoms with E-state index in [2.05, 4.69) is 12.6 Å². The molecule has 1 aromatic rings. The molecule has 0 saturated heterocycles. The highest BCUT2D eigenvalue weighted by molar-refractivity contribution is 5.46. The van der Waals surface area contributed by atoms with E-state index in [1.807, 2.05) is 12.1 Å². The maximum absolute atomic E-state index is 8.62. The standard InChI is InChI=1S/C10H7NO/c1-7-4-9-5-8(6-11)2-3-10(9)12-7/h2-3,5H,1,4H2. The number of ether oxygens (including phenoxy) is 1. The lowest BCUT2D eigenvalue weighted by molar-refractivity contribution is 0.449. The fourth-order valence-corrected chi connectivity index (χ4v) is 1.29. The van der Waals surface area contributed by atoms with Gasteiger partial charge >= 0.3 is 0 Å². The number of hydrogen-bond donors (Lipinski definition) is 0. The Morgan fingerprint density at radius 1 is 1.50 bits per heavy atom. The maximum atomic E-state index is 8.62. The average molecular weight is 157 g/mol. The predicted octanol–water partition coefficient (Wildman–Crippen LogP) is 2.01. The summed E-state index contributed by atoms with van der Waals surface area (Å²) in [4.78, 5) is 0. The zero-order chi connectivity index (χ0) is 8.55. The molecule has 0 atom stereocenters. The summed E-state index contributed by atoms with van der Waals surface area (Å²) in [5.74, 6) is 1.58. The van der Waals surface area contributed by atoms with Crippen molar-refractivity contribution in [2.75, 3.05) is 0 Å². The molecule has 58 valence electrons. The van der Waals surface area contributed by atoms with Gasteiger partial charge in [-0.3, -0.25) is 0 Å². The average Bonchev–Trinajstić information content (AvgIpc) is 2.43. The maximum Gasteiger partial charge on any atom is 0.130 e. The Labute approximate surface area is 70.7 Å². The van der Waals surface area contributed by atoms with E-state index in [1.165, 1.54) is 0 Å². The minimum Gasteiger partial charge on any atom is -0.462 e. The van der Waals surface area contributed by atoms with Crippen molar-refractivity contribution >= 4 is 0 Å². The molecule has 0 N–H and O–H groups in total. The SMILES string of the molecule is C=C1Cc2cc(C#N)ccc2O1. The normalized spacial score (nSPS) is 13.4. The second kappa shape index (κ2) is 2.38. The van der Waals surface area contributed by atoms with Gasteiger partial charge in [0.1, 0.15) is 11.5 Å². The number of benzene rings is 1. The van der Waals surface area contributed by atoms with Gasteiger partial charge in [0.2, 0.25) is 0 Å². The Hall–Kier alpha value is -1.75. The molecule has 2 heteroatoms. The number of hydrogen-bond acceptors (Lipinski definition) is 2. The largest absolute Gasteiger partial charge is 0.462 e. The molecule has 1 aliphatic rings.